The van der Waals surface area contributed by atoms with Gasteiger partial charge in [0.2, 0.25) is 5.76 Å². The van der Waals surface area contributed by atoms with Crippen LogP contribution in [0.3, 0.4) is 0 Å². The molecule has 0 N–H and O–H groups in total. The highest BCUT2D eigenvalue weighted by atomic mass is 32.2. The monoisotopic (exact) mass is 416 g/mol. The average molecular weight is 416 g/mol. The first-order valence-electron chi connectivity index (χ1n) is 8.28. The average Bonchev–Trinajstić information content (AvgIpc) is 3.48. The van der Waals surface area contributed by atoms with E-state index in [1.807, 2.05) is 0 Å². The molecule has 7 nitrogen and oxygen atoms in total. The van der Waals surface area contributed by atoms with E-state index in [1.165, 1.54) is 17.7 Å². The summed E-state index contributed by atoms with van der Waals surface area (Å²) in [7, 11) is -2.32. The number of thiophene rings is 1. The molecule has 3 heterocycles. The Labute approximate surface area is 165 Å². The first-order valence-corrected chi connectivity index (χ1v) is 10.6. The highest BCUT2D eigenvalue weighted by molar-refractivity contribution is 7.94. The Bertz CT molecular complexity index is 1150. The highest BCUT2D eigenvalue weighted by Gasteiger charge is 2.29. The zero-order chi connectivity index (χ0) is 19.6. The van der Waals surface area contributed by atoms with E-state index in [2.05, 4.69) is 5.16 Å². The van der Waals surface area contributed by atoms with Crippen molar-refractivity contribution in [3.8, 4) is 17.3 Å². The Morgan fingerprint density at radius 2 is 1.96 bits per heavy atom. The van der Waals surface area contributed by atoms with Crippen molar-refractivity contribution < 1.29 is 22.1 Å². The number of ether oxygens (including phenoxy) is 1. The molecule has 0 amide bonds. The molecule has 0 bridgehead atoms. The zero-order valence-corrected chi connectivity index (χ0v) is 16.4. The Hall–Kier alpha value is -3.04. The summed E-state index contributed by atoms with van der Waals surface area (Å²) in [5, 5.41) is 5.73. The number of sulfonamides is 1. The predicted molar refractivity (Wildman–Crippen MR) is 105 cm³/mol. The maximum absolute atomic E-state index is 13.3. The lowest BCUT2D eigenvalue weighted by atomic mass is 10.2. The van der Waals surface area contributed by atoms with E-state index in [-0.39, 0.29) is 10.8 Å². The van der Waals surface area contributed by atoms with Crippen molar-refractivity contribution in [1.82, 2.24) is 5.16 Å². The van der Waals surface area contributed by atoms with E-state index < -0.39 is 10.0 Å². The molecule has 28 heavy (non-hydrogen) atoms. The van der Waals surface area contributed by atoms with Crippen molar-refractivity contribution in [2.45, 2.75) is 10.8 Å². The molecule has 4 rings (SSSR count). The molecule has 0 saturated heterocycles. The molecule has 0 aliphatic heterocycles. The summed E-state index contributed by atoms with van der Waals surface area (Å²) in [4.78, 5) is 0. The third-order valence-electron chi connectivity index (χ3n) is 4.02. The summed E-state index contributed by atoms with van der Waals surface area (Å²) in [6, 6.07) is 15.3. The van der Waals surface area contributed by atoms with Gasteiger partial charge in [-0.25, -0.2) is 8.42 Å². The van der Waals surface area contributed by atoms with Crippen LogP contribution in [-0.2, 0) is 16.6 Å². The molecular weight excluding hydrogens is 400 g/mol. The largest absolute Gasteiger partial charge is 0.495 e. The molecule has 0 aliphatic rings. The van der Waals surface area contributed by atoms with Gasteiger partial charge in [-0.05, 0) is 35.7 Å². The third kappa shape index (κ3) is 3.41. The number of rotatable bonds is 7. The van der Waals surface area contributed by atoms with Crippen LogP contribution in [0, 0.1) is 0 Å². The summed E-state index contributed by atoms with van der Waals surface area (Å²) in [6.07, 6.45) is 1.53. The molecule has 0 unspecified atom stereocenters. The van der Waals surface area contributed by atoms with Crippen LogP contribution in [0.2, 0.25) is 0 Å². The molecule has 3 aromatic heterocycles. The third-order valence-corrected chi connectivity index (χ3v) is 7.15. The Morgan fingerprint density at radius 1 is 1.11 bits per heavy atom. The second kappa shape index (κ2) is 7.53. The van der Waals surface area contributed by atoms with E-state index in [0.717, 1.165) is 11.3 Å². The summed E-state index contributed by atoms with van der Waals surface area (Å²) in [5.74, 6) is 1.38. The number of anilines is 1. The fourth-order valence-corrected chi connectivity index (χ4v) is 5.27. The standard InChI is InChI=1S/C19H16N2O5S2/c1-24-16-7-3-2-6-15(16)21(28(22,23)19-9-5-11-27-19)13-14-12-18(26-20-14)17-8-4-10-25-17/h2-12H,13H2,1H3. The normalized spacial score (nSPS) is 11.5. The van der Waals surface area contributed by atoms with Gasteiger partial charge in [-0.1, -0.05) is 23.4 Å². The zero-order valence-electron chi connectivity index (χ0n) is 14.8. The van der Waals surface area contributed by atoms with Gasteiger partial charge in [0, 0.05) is 6.07 Å². The van der Waals surface area contributed by atoms with Crippen molar-refractivity contribution in [2.24, 2.45) is 0 Å². The molecule has 0 atom stereocenters. The van der Waals surface area contributed by atoms with Gasteiger partial charge in [0.05, 0.1) is 25.6 Å². The molecule has 144 valence electrons. The van der Waals surface area contributed by atoms with Crippen LogP contribution in [0.1, 0.15) is 5.69 Å². The minimum absolute atomic E-state index is 0.0230. The number of hydrogen-bond donors (Lipinski definition) is 0. The number of furan rings is 1. The summed E-state index contributed by atoms with van der Waals surface area (Å²) in [5.41, 5.74) is 0.860. The molecule has 0 spiro atoms. The van der Waals surface area contributed by atoms with Crippen LogP contribution < -0.4 is 9.04 Å². The first kappa shape index (κ1) is 18.3. The van der Waals surface area contributed by atoms with E-state index >= 15 is 0 Å². The second-order valence-corrected chi connectivity index (χ2v) is 8.81. The minimum Gasteiger partial charge on any atom is -0.495 e. The van der Waals surface area contributed by atoms with Crippen molar-refractivity contribution in [3.63, 3.8) is 0 Å². The van der Waals surface area contributed by atoms with Gasteiger partial charge in [0.1, 0.15) is 15.7 Å². The SMILES string of the molecule is COc1ccccc1N(Cc1cc(-c2ccco2)on1)S(=O)(=O)c1cccs1. The van der Waals surface area contributed by atoms with Gasteiger partial charge in [0.25, 0.3) is 10.0 Å². The Balaban J connectivity index is 1.76. The predicted octanol–water partition coefficient (Wildman–Crippen LogP) is 4.40. The fourth-order valence-electron chi connectivity index (χ4n) is 2.72. The van der Waals surface area contributed by atoms with Crippen LogP contribution in [0.25, 0.3) is 11.5 Å². The van der Waals surface area contributed by atoms with Crippen LogP contribution in [-0.4, -0.2) is 20.7 Å². The van der Waals surface area contributed by atoms with Crippen LogP contribution >= 0.6 is 11.3 Å². The van der Waals surface area contributed by atoms with Gasteiger partial charge in [-0.2, -0.15) is 0 Å². The first-order chi connectivity index (χ1) is 13.6. The van der Waals surface area contributed by atoms with Gasteiger partial charge < -0.3 is 13.7 Å². The number of hydrogen-bond acceptors (Lipinski definition) is 7. The molecule has 0 aliphatic carbocycles. The van der Waals surface area contributed by atoms with E-state index in [4.69, 9.17) is 13.7 Å². The molecule has 4 aromatic rings. The molecule has 0 saturated carbocycles. The van der Waals surface area contributed by atoms with Crippen molar-refractivity contribution in [1.29, 1.82) is 0 Å². The Kier molecular flexibility index (Phi) is 4.93. The molecule has 0 radical (unpaired) electrons. The maximum atomic E-state index is 13.3. The summed E-state index contributed by atoms with van der Waals surface area (Å²) < 4.78 is 44.1. The lowest BCUT2D eigenvalue weighted by Gasteiger charge is -2.24. The minimum atomic E-state index is -3.82. The molecule has 9 heteroatoms. The lowest BCUT2D eigenvalue weighted by molar-refractivity contribution is 0.409. The number of para-hydroxylation sites is 2. The highest BCUT2D eigenvalue weighted by Crippen LogP contribution is 2.35. The molecule has 1 aromatic carbocycles. The van der Waals surface area contributed by atoms with Gasteiger partial charge in [-0.3, -0.25) is 4.31 Å². The van der Waals surface area contributed by atoms with Crippen LogP contribution in [0.5, 0.6) is 5.75 Å². The van der Waals surface area contributed by atoms with Crippen molar-refractivity contribution in [2.75, 3.05) is 11.4 Å². The number of methoxy groups -OCH3 is 1. The lowest BCUT2D eigenvalue weighted by Crippen LogP contribution is -2.30. The van der Waals surface area contributed by atoms with Crippen molar-refractivity contribution in [3.05, 3.63) is 71.9 Å². The van der Waals surface area contributed by atoms with E-state index in [1.54, 1.807) is 60.0 Å². The Morgan fingerprint density at radius 3 is 2.68 bits per heavy atom. The number of aromatic nitrogens is 1. The van der Waals surface area contributed by atoms with Gasteiger partial charge in [-0.15, -0.1) is 11.3 Å². The second-order valence-electron chi connectivity index (χ2n) is 5.78. The smallest absolute Gasteiger partial charge is 0.274 e. The molecule has 0 fully saturated rings. The van der Waals surface area contributed by atoms with E-state index in [0.29, 0.717) is 28.7 Å². The fraction of sp³-hybridized carbons (Fsp3) is 0.105. The summed E-state index contributed by atoms with van der Waals surface area (Å²) in [6.45, 7) is -0.0230. The summed E-state index contributed by atoms with van der Waals surface area (Å²) >= 11 is 1.15. The van der Waals surface area contributed by atoms with Crippen molar-refractivity contribution >= 4 is 27.0 Å². The van der Waals surface area contributed by atoms with Gasteiger partial charge in [0.15, 0.2) is 5.76 Å². The maximum Gasteiger partial charge on any atom is 0.274 e. The van der Waals surface area contributed by atoms with Crippen LogP contribution in [0.15, 0.2) is 79.4 Å². The number of nitrogens with zero attached hydrogens (tertiary/aromatic N) is 2. The quantitative estimate of drug-likeness (QED) is 0.444. The topological polar surface area (TPSA) is 85.8 Å². The number of benzene rings is 1. The van der Waals surface area contributed by atoms with Crippen LogP contribution in [0.4, 0.5) is 5.69 Å². The van der Waals surface area contributed by atoms with E-state index in [9.17, 15) is 8.42 Å². The molecular formula is C19H16N2O5S2. The van der Waals surface area contributed by atoms with Gasteiger partial charge >= 0.3 is 0 Å².